The molecule has 0 heterocycles. The lowest BCUT2D eigenvalue weighted by molar-refractivity contribution is 0.0600. The second-order valence-electron chi connectivity index (χ2n) is 8.75. The van der Waals surface area contributed by atoms with Gasteiger partial charge in [0.15, 0.2) is 0 Å². The number of carbonyl (C=O) groups is 1. The summed E-state index contributed by atoms with van der Waals surface area (Å²) in [6, 6.07) is 11.9. The van der Waals surface area contributed by atoms with Gasteiger partial charge in [-0.25, -0.2) is 13.2 Å². The van der Waals surface area contributed by atoms with Crippen molar-refractivity contribution in [3.8, 4) is 11.2 Å². The van der Waals surface area contributed by atoms with Crippen molar-refractivity contribution in [2.24, 2.45) is 0 Å². The predicted molar refractivity (Wildman–Crippen MR) is 114 cm³/mol. The van der Waals surface area contributed by atoms with E-state index < -0.39 is 15.8 Å². The first-order valence-electron chi connectivity index (χ1n) is 9.58. The number of esters is 1. The van der Waals surface area contributed by atoms with E-state index in [0.29, 0.717) is 16.0 Å². The van der Waals surface area contributed by atoms with Crippen molar-refractivity contribution in [2.45, 2.75) is 56.3 Å². The fourth-order valence-corrected chi connectivity index (χ4v) is 5.17. The highest BCUT2D eigenvalue weighted by Gasteiger charge is 2.40. The molecule has 29 heavy (non-hydrogen) atoms. The molecule has 0 spiro atoms. The van der Waals surface area contributed by atoms with Crippen molar-refractivity contribution < 1.29 is 17.9 Å². The Labute approximate surface area is 173 Å². The van der Waals surface area contributed by atoms with Gasteiger partial charge in [-0.3, -0.25) is 0 Å². The number of rotatable bonds is 2. The molecule has 5 heteroatoms. The Kier molecular flexibility index (Phi) is 5.36. The maximum atomic E-state index is 13.2. The lowest BCUT2D eigenvalue weighted by Gasteiger charge is -2.42. The van der Waals surface area contributed by atoms with E-state index >= 15 is 0 Å². The van der Waals surface area contributed by atoms with Crippen LogP contribution in [0.15, 0.2) is 47.4 Å². The van der Waals surface area contributed by atoms with Crippen LogP contribution in [0.2, 0.25) is 0 Å². The largest absolute Gasteiger partial charge is 0.465 e. The summed E-state index contributed by atoms with van der Waals surface area (Å²) in [7, 11) is -2.49. The van der Waals surface area contributed by atoms with Crippen LogP contribution in [0, 0.1) is 11.2 Å². The molecule has 0 aromatic heterocycles. The van der Waals surface area contributed by atoms with E-state index in [1.54, 1.807) is 30.3 Å². The number of ether oxygens (including phenoxy) is 1. The topological polar surface area (TPSA) is 60.4 Å². The molecule has 1 aliphatic rings. The maximum absolute atomic E-state index is 13.2. The van der Waals surface area contributed by atoms with Crippen LogP contribution < -0.4 is 0 Å². The van der Waals surface area contributed by atoms with Crippen LogP contribution in [0.4, 0.5) is 0 Å². The molecule has 0 atom stereocenters. The Morgan fingerprint density at radius 2 is 1.59 bits per heavy atom. The number of sulfone groups is 1. The van der Waals surface area contributed by atoms with Gasteiger partial charge in [-0.1, -0.05) is 39.8 Å². The molecule has 2 aromatic rings. The molecule has 0 saturated heterocycles. The highest BCUT2D eigenvalue weighted by Crippen LogP contribution is 2.48. The average molecular weight is 411 g/mol. The first-order chi connectivity index (χ1) is 13.5. The smallest absolute Gasteiger partial charge is 0.337 e. The molecule has 3 rings (SSSR count). The summed E-state index contributed by atoms with van der Waals surface area (Å²) in [5.41, 5.74) is 2.56. The molecule has 0 N–H and O–H groups in total. The van der Waals surface area contributed by atoms with Gasteiger partial charge in [0.2, 0.25) is 9.84 Å². The minimum Gasteiger partial charge on any atom is -0.465 e. The van der Waals surface area contributed by atoms with Gasteiger partial charge in [0, 0.05) is 10.8 Å². The summed E-state index contributed by atoms with van der Waals surface area (Å²) >= 11 is 0. The average Bonchev–Trinajstić information content (AvgIpc) is 2.69. The number of fused-ring (bicyclic) bond motifs is 1. The zero-order valence-corrected chi connectivity index (χ0v) is 18.3. The molecule has 0 radical (unpaired) electrons. The molecule has 0 aliphatic heterocycles. The van der Waals surface area contributed by atoms with Gasteiger partial charge >= 0.3 is 5.97 Å². The van der Waals surface area contributed by atoms with Crippen LogP contribution in [-0.2, 0) is 25.4 Å². The molecule has 0 amide bonds. The molecule has 0 unspecified atom stereocenters. The van der Waals surface area contributed by atoms with Crippen LogP contribution in [-0.4, -0.2) is 21.5 Å². The summed E-state index contributed by atoms with van der Waals surface area (Å²) < 4.78 is 31.0. The highest BCUT2D eigenvalue weighted by atomic mass is 32.2. The fraction of sp³-hybridized carbons (Fsp3) is 0.375. The molecule has 1 aliphatic carbocycles. The third-order valence-electron chi connectivity index (χ3n) is 5.73. The van der Waals surface area contributed by atoms with E-state index in [1.807, 2.05) is 12.1 Å². The van der Waals surface area contributed by atoms with E-state index in [9.17, 15) is 13.2 Å². The van der Waals surface area contributed by atoms with Gasteiger partial charge < -0.3 is 4.74 Å². The van der Waals surface area contributed by atoms with E-state index in [1.165, 1.54) is 7.11 Å². The van der Waals surface area contributed by atoms with Gasteiger partial charge in [0.05, 0.1) is 17.6 Å². The van der Waals surface area contributed by atoms with Gasteiger partial charge in [-0.2, -0.15) is 0 Å². The highest BCUT2D eigenvalue weighted by molar-refractivity contribution is 7.96. The van der Waals surface area contributed by atoms with Gasteiger partial charge in [0.1, 0.15) is 0 Å². The van der Waals surface area contributed by atoms with Crippen LogP contribution >= 0.6 is 0 Å². The van der Waals surface area contributed by atoms with Crippen molar-refractivity contribution in [3.63, 3.8) is 0 Å². The van der Waals surface area contributed by atoms with Gasteiger partial charge in [-0.05, 0) is 71.1 Å². The van der Waals surface area contributed by atoms with Gasteiger partial charge in [-0.15, -0.1) is 0 Å². The Morgan fingerprint density at radius 1 is 0.966 bits per heavy atom. The normalized spacial score (nSPS) is 16.9. The zero-order valence-electron chi connectivity index (χ0n) is 17.5. The van der Waals surface area contributed by atoms with Crippen molar-refractivity contribution in [3.05, 3.63) is 64.7 Å². The summed E-state index contributed by atoms with van der Waals surface area (Å²) in [5, 5.41) is 2.48. The summed E-state index contributed by atoms with van der Waals surface area (Å²) in [6.45, 7) is 8.51. The Morgan fingerprint density at radius 3 is 2.21 bits per heavy atom. The monoisotopic (exact) mass is 410 g/mol. The summed E-state index contributed by atoms with van der Waals surface area (Å²) in [5.74, 6) is 2.29. The first kappa shape index (κ1) is 21.1. The van der Waals surface area contributed by atoms with E-state index in [4.69, 9.17) is 0 Å². The SMILES string of the molecule is COC(=O)c1ccc(C#CS(=O)(=O)c2cccc3c2C(C)(C)CCC3(C)C)cc1. The van der Waals surface area contributed by atoms with Crippen LogP contribution in [0.25, 0.3) is 0 Å². The Balaban J connectivity index is 2.05. The third kappa shape index (κ3) is 4.09. The molecule has 4 nitrogen and oxygen atoms in total. The number of carbonyl (C=O) groups excluding carboxylic acids is 1. The van der Waals surface area contributed by atoms with Crippen molar-refractivity contribution in [1.29, 1.82) is 0 Å². The lowest BCUT2D eigenvalue weighted by Crippen LogP contribution is -2.35. The molecule has 2 aromatic carbocycles. The van der Waals surface area contributed by atoms with E-state index in [0.717, 1.165) is 24.0 Å². The van der Waals surface area contributed by atoms with E-state index in [-0.39, 0.29) is 10.8 Å². The maximum Gasteiger partial charge on any atom is 0.337 e. The Bertz CT molecular complexity index is 1110. The van der Waals surface area contributed by atoms with Crippen LogP contribution in [0.3, 0.4) is 0 Å². The molecule has 152 valence electrons. The summed E-state index contributed by atoms with van der Waals surface area (Å²) in [4.78, 5) is 11.8. The zero-order chi connectivity index (χ0) is 21.4. The van der Waals surface area contributed by atoms with E-state index in [2.05, 4.69) is 43.6 Å². The molecule has 0 fully saturated rings. The number of methoxy groups -OCH3 is 1. The minimum atomic E-state index is -3.81. The summed E-state index contributed by atoms with van der Waals surface area (Å²) in [6.07, 6.45) is 1.93. The van der Waals surface area contributed by atoms with Gasteiger partial charge in [0.25, 0.3) is 0 Å². The number of hydrogen-bond donors (Lipinski definition) is 0. The number of hydrogen-bond acceptors (Lipinski definition) is 4. The second-order valence-corrected chi connectivity index (χ2v) is 10.4. The van der Waals surface area contributed by atoms with Crippen molar-refractivity contribution in [1.82, 2.24) is 0 Å². The lowest BCUT2D eigenvalue weighted by atomic mass is 9.63. The molecule has 0 saturated carbocycles. The number of benzene rings is 2. The first-order valence-corrected chi connectivity index (χ1v) is 11.1. The van der Waals surface area contributed by atoms with Crippen LogP contribution in [0.1, 0.15) is 67.6 Å². The molecule has 0 bridgehead atoms. The van der Waals surface area contributed by atoms with Crippen LogP contribution in [0.5, 0.6) is 0 Å². The predicted octanol–water partition coefficient (Wildman–Crippen LogP) is 4.61. The molecular weight excluding hydrogens is 384 g/mol. The quantitative estimate of drug-likeness (QED) is 0.536. The fourth-order valence-electron chi connectivity index (χ4n) is 3.89. The van der Waals surface area contributed by atoms with Crippen molar-refractivity contribution >= 4 is 15.8 Å². The van der Waals surface area contributed by atoms with Crippen molar-refractivity contribution in [2.75, 3.05) is 7.11 Å². The standard InChI is InChI=1S/C24H26O4S/c1-23(2)14-15-24(3,4)21-19(23)7-6-8-20(21)29(26,27)16-13-17-9-11-18(12-10-17)22(25)28-5/h6-12H,14-15H2,1-5H3. The third-order valence-corrected chi connectivity index (χ3v) is 7.02. The Hall–Kier alpha value is -2.58. The molecular formula is C24H26O4S. The minimum absolute atomic E-state index is 0.0759. The second kappa shape index (κ2) is 7.35.